The summed E-state index contributed by atoms with van der Waals surface area (Å²) in [4.78, 5) is 22.3. The topological polar surface area (TPSA) is 58.2 Å². The molecule has 0 radical (unpaired) electrons. The fourth-order valence-corrected chi connectivity index (χ4v) is 485. The summed E-state index contributed by atoms with van der Waals surface area (Å²) in [6.45, 7) is 9.41. The maximum atomic E-state index is 11.2. The van der Waals surface area contributed by atoms with Crippen LogP contribution < -0.4 is 7.60 Å². The first-order valence-corrected chi connectivity index (χ1v) is 39.1. The molecule has 0 saturated carbocycles. The van der Waals surface area contributed by atoms with Gasteiger partial charge in [0.05, 0.1) is 0 Å². The van der Waals surface area contributed by atoms with E-state index in [1.54, 1.807) is 0 Å². The molecule has 0 aromatic carbocycles. The summed E-state index contributed by atoms with van der Waals surface area (Å²) >= 11 is -2.54. The molecule has 2 N–H and O–H groups in total. The molecule has 1 rings (SSSR count). The minimum atomic E-state index is -3.75. The van der Waals surface area contributed by atoms with Crippen molar-refractivity contribution in [1.29, 1.82) is 0 Å². The zero-order chi connectivity index (χ0) is 17.0. The van der Waals surface area contributed by atoms with Gasteiger partial charge in [-0.3, -0.25) is 0 Å². The summed E-state index contributed by atoms with van der Waals surface area (Å²) in [5.74, 6) is 0. The summed E-state index contributed by atoms with van der Waals surface area (Å²) in [5.41, 5.74) is 0. The molecule has 12 heteroatoms. The van der Waals surface area contributed by atoms with Gasteiger partial charge in [0.2, 0.25) is 0 Å². The third-order valence-electron chi connectivity index (χ3n) is 4.40. The fourth-order valence-electron chi connectivity index (χ4n) is 2.81. The number of carbonyl (C=O) groups excluding carboxylic acids is 2. The Morgan fingerprint density at radius 1 is 1.18 bits per heavy atom. The van der Waals surface area contributed by atoms with Crippen LogP contribution in [0, 0.1) is 0 Å². The molecule has 1 aliphatic rings. The van der Waals surface area contributed by atoms with Gasteiger partial charge < -0.3 is 0 Å². The predicted octanol–water partition coefficient (Wildman–Crippen LogP) is 3.27. The third kappa shape index (κ3) is 5.90. The summed E-state index contributed by atoms with van der Waals surface area (Å²) < 4.78 is 7.84. The first kappa shape index (κ1) is 23.8. The average molecular weight is 560 g/mol. The number of rotatable bonds is 8. The van der Waals surface area contributed by atoms with Gasteiger partial charge in [-0.15, -0.1) is 0 Å². The molecule has 22 heavy (non-hydrogen) atoms. The SMILES string of the molecule is CC[CH](C)[Ti]1([CH](C)CC)[Ti][Ti]([NH]C=O)[Ti][Ti]([Cl])([Cl])([NH]C=O)[Ti]1. The van der Waals surface area contributed by atoms with Crippen molar-refractivity contribution in [1.82, 2.24) is 7.60 Å². The third-order valence-corrected chi connectivity index (χ3v) is 214. The van der Waals surface area contributed by atoms with Gasteiger partial charge in [-0.25, -0.2) is 0 Å². The molecule has 122 valence electrons. The number of halogens is 2. The zero-order valence-electron chi connectivity index (χ0n) is 13.3. The number of carbonyl (C=O) groups is 2. The van der Waals surface area contributed by atoms with Crippen LogP contribution in [-0.2, 0) is 76.7 Å². The molecule has 0 spiro atoms. The molecule has 0 aliphatic carbocycles. The second kappa shape index (κ2) is 9.84. The Balaban J connectivity index is 3.34. The van der Waals surface area contributed by atoms with Crippen molar-refractivity contribution in [2.24, 2.45) is 0 Å². The van der Waals surface area contributed by atoms with Crippen molar-refractivity contribution in [2.45, 2.75) is 49.0 Å². The molecule has 2 unspecified atom stereocenters. The van der Waals surface area contributed by atoms with Crippen LogP contribution in [0.4, 0.5) is 0 Å². The van der Waals surface area contributed by atoms with Gasteiger partial charge in [0, 0.05) is 0 Å². The molecule has 2 amide bonds. The first-order chi connectivity index (χ1) is 10.2. The minimum absolute atomic E-state index is 0.0240. The van der Waals surface area contributed by atoms with E-state index in [0.29, 0.717) is 0 Å². The van der Waals surface area contributed by atoms with Gasteiger partial charge in [-0.1, -0.05) is 0 Å². The van der Waals surface area contributed by atoms with E-state index in [-0.39, 0.29) is 12.7 Å². The van der Waals surface area contributed by atoms with E-state index in [4.69, 9.17) is 18.6 Å². The molecule has 1 aliphatic heterocycles. The second-order valence-electron chi connectivity index (χ2n) is 5.78. The van der Waals surface area contributed by atoms with E-state index in [9.17, 15) is 9.59 Å². The number of hydrogen-bond acceptors (Lipinski definition) is 2. The van der Waals surface area contributed by atoms with Crippen molar-refractivity contribution < 1.29 is 76.7 Å². The van der Waals surface area contributed by atoms with E-state index in [1.807, 2.05) is 0 Å². The average Bonchev–Trinajstić information content (AvgIpc) is 2.44. The molecule has 1 heterocycles. The van der Waals surface area contributed by atoms with E-state index in [1.165, 1.54) is 12.8 Å². The monoisotopic (exact) mass is 560 g/mol. The van der Waals surface area contributed by atoms with Crippen LogP contribution in [0.2, 0.25) is 8.45 Å². The maximum absolute atomic E-state index is 11.2. The van der Waals surface area contributed by atoms with E-state index in [0.717, 1.165) is 21.3 Å². The van der Waals surface area contributed by atoms with Gasteiger partial charge in [-0.05, 0) is 0 Å². The Labute approximate surface area is 161 Å². The van der Waals surface area contributed by atoms with Gasteiger partial charge in [-0.2, -0.15) is 0 Å². The van der Waals surface area contributed by atoms with Crippen molar-refractivity contribution in [3.05, 3.63) is 0 Å². The molecule has 4 nitrogen and oxygen atoms in total. The van der Waals surface area contributed by atoms with Crippen LogP contribution in [0.15, 0.2) is 0 Å². The van der Waals surface area contributed by atoms with E-state index in [2.05, 4.69) is 35.3 Å². The van der Waals surface area contributed by atoms with Gasteiger partial charge >= 0.3 is 165 Å². The van der Waals surface area contributed by atoms with Crippen molar-refractivity contribution in [3.8, 4) is 0 Å². The Kier molecular flexibility index (Phi) is 10.7. The van der Waals surface area contributed by atoms with Crippen molar-refractivity contribution in [2.75, 3.05) is 0 Å². The van der Waals surface area contributed by atoms with Crippen LogP contribution in [0.25, 0.3) is 0 Å². The second-order valence-corrected chi connectivity index (χ2v) is 103. The fraction of sp³-hybridized carbons (Fsp3) is 0.800. The number of hydrogen-bond donors (Lipinski definition) is 2. The number of nitrogens with one attached hydrogen (secondary N) is 2. The number of amides is 2. The molecule has 2 atom stereocenters. The van der Waals surface area contributed by atoms with Crippen LogP contribution in [0.3, 0.4) is 0 Å². The Bertz CT molecular complexity index is 420. The van der Waals surface area contributed by atoms with Gasteiger partial charge in [0.15, 0.2) is 0 Å². The summed E-state index contributed by atoms with van der Waals surface area (Å²) in [7, 11) is 8.37. The van der Waals surface area contributed by atoms with Crippen molar-refractivity contribution >= 4 is 31.4 Å². The molecule has 0 bridgehead atoms. The van der Waals surface area contributed by atoms with Gasteiger partial charge in [0.1, 0.15) is 0 Å². The van der Waals surface area contributed by atoms with Crippen molar-refractivity contribution in [3.63, 3.8) is 0 Å². The summed E-state index contributed by atoms with van der Waals surface area (Å²) in [6.07, 6.45) is 4.09. The van der Waals surface area contributed by atoms with Crippen LogP contribution in [-0.4, -0.2) is 12.8 Å². The van der Waals surface area contributed by atoms with Crippen LogP contribution in [0.5, 0.6) is 0 Å². The van der Waals surface area contributed by atoms with Gasteiger partial charge in [0.25, 0.3) is 0 Å². The summed E-state index contributed by atoms with van der Waals surface area (Å²) in [5, 5.41) is 0. The quantitative estimate of drug-likeness (QED) is 0.354. The van der Waals surface area contributed by atoms with Crippen LogP contribution >= 0.6 is 18.6 Å². The predicted molar refractivity (Wildman–Crippen MR) is 69.5 cm³/mol. The molecular formula is C10H22Cl2N2O2Ti6. The molecule has 1 fully saturated rings. The molecular weight excluding hydrogens is 538 g/mol. The normalized spacial score (nSPS) is 30.1. The molecule has 0 aromatic heterocycles. The summed E-state index contributed by atoms with van der Waals surface area (Å²) in [6, 6.07) is 0. The Hall–Kier alpha value is 3.81. The van der Waals surface area contributed by atoms with Crippen LogP contribution in [0.1, 0.15) is 40.5 Å². The molecule has 1 saturated heterocycles. The van der Waals surface area contributed by atoms with E-state index >= 15 is 0 Å². The Morgan fingerprint density at radius 2 is 1.73 bits per heavy atom. The Morgan fingerprint density at radius 3 is 2.14 bits per heavy atom. The van der Waals surface area contributed by atoms with E-state index < -0.39 is 54.4 Å². The zero-order valence-corrected chi connectivity index (χ0v) is 24.2. The first-order valence-electron chi connectivity index (χ1n) is 7.39. The standard InChI is InChI=1S/2C4H9.2CH3NO.2ClH.6Ti/c2*1-3-4-2;2*2-1-3;;;;;;;;/h2*3H,4H2,1-2H3;2*1H,(H2,2,3);2*1H;;;;;;/q;;;;;;;;;;+1;+3/p-4. The molecule has 0 aromatic rings.